The minimum Gasteiger partial charge on any atom is -0.872 e. The summed E-state index contributed by atoms with van der Waals surface area (Å²) in [6, 6.07) is 8.49. The van der Waals surface area contributed by atoms with E-state index in [-0.39, 0.29) is 17.8 Å². The zero-order chi connectivity index (χ0) is 18.4. The number of rotatable bonds is 6. The summed E-state index contributed by atoms with van der Waals surface area (Å²) >= 11 is 5.86. The van der Waals surface area contributed by atoms with E-state index < -0.39 is 16.6 Å². The summed E-state index contributed by atoms with van der Waals surface area (Å²) in [5.41, 5.74) is 3.66. The number of benzene rings is 2. The van der Waals surface area contributed by atoms with Gasteiger partial charge in [0.15, 0.2) is 0 Å². The highest BCUT2D eigenvalue weighted by atomic mass is 35.5. The molecule has 8 nitrogen and oxygen atoms in total. The lowest BCUT2D eigenvalue weighted by Crippen LogP contribution is -2.26. The molecule has 130 valence electrons. The van der Waals surface area contributed by atoms with Crippen LogP contribution >= 0.6 is 11.6 Å². The fourth-order valence-electron chi connectivity index (χ4n) is 1.96. The monoisotopic (exact) mass is 361 g/mol. The first-order valence-electron chi connectivity index (χ1n) is 7.14. The number of nitrogens with zero attached hydrogens (tertiary/aromatic N) is 2. The highest BCUT2D eigenvalue weighted by Crippen LogP contribution is 2.20. The largest absolute Gasteiger partial charge is 0.872 e. The lowest BCUT2D eigenvalue weighted by Gasteiger charge is -2.09. The average Bonchev–Trinajstić information content (AvgIpc) is 2.55. The third-order valence-electron chi connectivity index (χ3n) is 3.22. The van der Waals surface area contributed by atoms with E-state index in [4.69, 9.17) is 11.6 Å². The number of hydrogen-bond acceptors (Lipinski definition) is 6. The van der Waals surface area contributed by atoms with Crippen LogP contribution < -0.4 is 15.8 Å². The lowest BCUT2D eigenvalue weighted by molar-refractivity contribution is -0.385. The Hall–Kier alpha value is -3.13. The molecule has 0 aromatic heterocycles. The number of carbonyl (C=O) groups excluding carboxylic acids is 1. The molecule has 9 heteroatoms. The second-order valence-electron chi connectivity index (χ2n) is 5.09. The van der Waals surface area contributed by atoms with E-state index in [0.717, 1.165) is 35.7 Å². The predicted octanol–water partition coefficient (Wildman–Crippen LogP) is 2.19. The topological polar surface area (TPSA) is 120 Å². The molecule has 2 rings (SSSR count). The summed E-state index contributed by atoms with van der Waals surface area (Å²) in [6.07, 6.45) is 1.07. The number of amides is 1. The second kappa shape index (κ2) is 8.11. The number of non-ortho nitro benzene ring substituents is 1. The molecule has 0 aliphatic rings. The average molecular weight is 362 g/mol. The van der Waals surface area contributed by atoms with Crippen molar-refractivity contribution in [1.29, 1.82) is 0 Å². The van der Waals surface area contributed by atoms with Crippen molar-refractivity contribution >= 4 is 35.1 Å². The first kappa shape index (κ1) is 18.2. The zero-order valence-electron chi connectivity index (χ0n) is 13.2. The molecule has 2 aromatic rings. The SMILES string of the molecule is Cc1cc(Cl)ccc1NCC(=O)N/N=C\c1cc([N+](=O)[O-])ccc1[O-]. The Morgan fingerprint density at radius 1 is 1.32 bits per heavy atom. The Balaban J connectivity index is 1.92. The molecular weight excluding hydrogens is 348 g/mol. The molecule has 0 radical (unpaired) electrons. The summed E-state index contributed by atoms with van der Waals surface area (Å²) in [7, 11) is 0. The summed E-state index contributed by atoms with van der Waals surface area (Å²) in [6.45, 7) is 1.81. The molecule has 2 N–H and O–H groups in total. The van der Waals surface area contributed by atoms with Gasteiger partial charge in [-0.3, -0.25) is 14.9 Å². The van der Waals surface area contributed by atoms with Crippen molar-refractivity contribution in [2.75, 3.05) is 11.9 Å². The van der Waals surface area contributed by atoms with Crippen LogP contribution in [0.15, 0.2) is 41.5 Å². The van der Waals surface area contributed by atoms with Gasteiger partial charge in [-0.25, -0.2) is 5.43 Å². The van der Waals surface area contributed by atoms with Gasteiger partial charge in [0.1, 0.15) is 0 Å². The summed E-state index contributed by atoms with van der Waals surface area (Å²) in [5.74, 6) is -0.873. The molecule has 0 saturated heterocycles. The number of hydrogen-bond donors (Lipinski definition) is 2. The smallest absolute Gasteiger partial charge is 0.270 e. The van der Waals surface area contributed by atoms with Crippen LogP contribution in [-0.4, -0.2) is 23.6 Å². The molecule has 1 amide bonds. The maximum absolute atomic E-state index is 11.7. The van der Waals surface area contributed by atoms with Gasteiger partial charge in [0.2, 0.25) is 0 Å². The van der Waals surface area contributed by atoms with Crippen LogP contribution in [0.1, 0.15) is 11.1 Å². The normalized spacial score (nSPS) is 10.6. The van der Waals surface area contributed by atoms with Crippen LogP contribution in [0.3, 0.4) is 0 Å². The zero-order valence-corrected chi connectivity index (χ0v) is 13.9. The number of aryl methyl sites for hydroxylation is 1. The number of nitro benzene ring substituents is 1. The van der Waals surface area contributed by atoms with Gasteiger partial charge >= 0.3 is 0 Å². The Bertz CT molecular complexity index is 839. The fraction of sp³-hybridized carbons (Fsp3) is 0.125. The van der Waals surface area contributed by atoms with E-state index in [2.05, 4.69) is 15.8 Å². The molecular formula is C16H14ClN4O4-. The first-order valence-corrected chi connectivity index (χ1v) is 7.52. The van der Waals surface area contributed by atoms with Crippen molar-refractivity contribution in [3.63, 3.8) is 0 Å². The van der Waals surface area contributed by atoms with Crippen LogP contribution in [0, 0.1) is 17.0 Å². The lowest BCUT2D eigenvalue weighted by atomic mass is 10.2. The molecule has 0 saturated carbocycles. The third kappa shape index (κ3) is 5.18. The van der Waals surface area contributed by atoms with Gasteiger partial charge in [0.25, 0.3) is 11.6 Å². The fourth-order valence-corrected chi connectivity index (χ4v) is 2.19. The van der Waals surface area contributed by atoms with Crippen molar-refractivity contribution in [3.05, 3.63) is 62.7 Å². The Morgan fingerprint density at radius 2 is 2.08 bits per heavy atom. The summed E-state index contributed by atoms with van der Waals surface area (Å²) < 4.78 is 0. The van der Waals surface area contributed by atoms with Crippen LogP contribution in [-0.2, 0) is 4.79 Å². The minimum absolute atomic E-state index is 0.0102. The molecule has 0 unspecified atom stereocenters. The van der Waals surface area contributed by atoms with Gasteiger partial charge < -0.3 is 10.4 Å². The van der Waals surface area contributed by atoms with E-state index in [1.165, 1.54) is 0 Å². The Labute approximate surface area is 148 Å². The molecule has 25 heavy (non-hydrogen) atoms. The minimum atomic E-state index is -0.617. The highest BCUT2D eigenvalue weighted by molar-refractivity contribution is 6.30. The third-order valence-corrected chi connectivity index (χ3v) is 3.46. The van der Waals surface area contributed by atoms with Gasteiger partial charge in [-0.15, -0.1) is 0 Å². The first-order chi connectivity index (χ1) is 11.9. The van der Waals surface area contributed by atoms with Gasteiger partial charge in [-0.2, -0.15) is 5.10 Å². The van der Waals surface area contributed by atoms with Gasteiger partial charge in [0, 0.05) is 22.8 Å². The Morgan fingerprint density at radius 3 is 2.76 bits per heavy atom. The number of hydrazone groups is 1. The van der Waals surface area contributed by atoms with Crippen LogP contribution in [0.4, 0.5) is 11.4 Å². The predicted molar refractivity (Wildman–Crippen MR) is 93.0 cm³/mol. The van der Waals surface area contributed by atoms with Crippen molar-refractivity contribution in [2.24, 2.45) is 5.10 Å². The van der Waals surface area contributed by atoms with E-state index in [1.807, 2.05) is 6.92 Å². The maximum Gasteiger partial charge on any atom is 0.270 e. The maximum atomic E-state index is 11.7. The molecule has 2 aromatic carbocycles. The van der Waals surface area contributed by atoms with E-state index in [0.29, 0.717) is 5.02 Å². The summed E-state index contributed by atoms with van der Waals surface area (Å²) in [5, 5.41) is 29.5. The van der Waals surface area contributed by atoms with Crippen molar-refractivity contribution in [3.8, 4) is 5.75 Å². The molecule has 0 bridgehead atoms. The number of carbonyl (C=O) groups is 1. The van der Waals surface area contributed by atoms with Crippen molar-refractivity contribution < 1.29 is 14.8 Å². The number of anilines is 1. The van der Waals surface area contributed by atoms with Gasteiger partial charge in [-0.05, 0) is 36.2 Å². The quantitative estimate of drug-likeness (QED) is 0.464. The highest BCUT2D eigenvalue weighted by Gasteiger charge is 2.06. The standard InChI is InChI=1S/C16H15ClN4O4/c1-10-6-12(17)2-4-14(10)18-9-16(23)20-19-8-11-7-13(21(24)25)3-5-15(11)22/h2-8,18,22H,9H2,1H3,(H,20,23)/p-1/b19-8-. The van der Waals surface area contributed by atoms with Crippen LogP contribution in [0.25, 0.3) is 0 Å². The molecule has 0 fully saturated rings. The van der Waals surface area contributed by atoms with Crippen LogP contribution in [0.2, 0.25) is 5.02 Å². The van der Waals surface area contributed by atoms with E-state index >= 15 is 0 Å². The number of halogens is 1. The van der Waals surface area contributed by atoms with Crippen molar-refractivity contribution in [1.82, 2.24) is 5.43 Å². The van der Waals surface area contributed by atoms with Crippen molar-refractivity contribution in [2.45, 2.75) is 6.92 Å². The molecule has 0 aliphatic carbocycles. The van der Waals surface area contributed by atoms with Gasteiger partial charge in [-0.1, -0.05) is 23.4 Å². The second-order valence-corrected chi connectivity index (χ2v) is 5.52. The van der Waals surface area contributed by atoms with Gasteiger partial charge in [0.05, 0.1) is 17.7 Å². The molecule has 0 atom stereocenters. The molecule has 0 heterocycles. The summed E-state index contributed by atoms with van der Waals surface area (Å²) in [4.78, 5) is 21.8. The van der Waals surface area contributed by atoms with E-state index in [9.17, 15) is 20.0 Å². The molecule has 0 aliphatic heterocycles. The Kier molecular flexibility index (Phi) is 5.91. The number of nitrogens with one attached hydrogen (secondary N) is 2. The van der Waals surface area contributed by atoms with Crippen LogP contribution in [0.5, 0.6) is 5.75 Å². The number of nitro groups is 1. The molecule has 0 spiro atoms. The van der Waals surface area contributed by atoms with E-state index in [1.54, 1.807) is 18.2 Å².